The number of hydrogen-bond acceptors (Lipinski definition) is 2. The van der Waals surface area contributed by atoms with E-state index in [1.54, 1.807) is 0 Å². The highest BCUT2D eigenvalue weighted by Crippen LogP contribution is 2.24. The first-order valence-corrected chi connectivity index (χ1v) is 6.48. The standard InChI is InChI=1S/C13H24O2/c1-2-13(14)15-11-10-12-8-6-4-3-5-7-9-12/h12H,2-11H2,1H3. The summed E-state index contributed by atoms with van der Waals surface area (Å²) in [6, 6.07) is 0. The molecule has 2 nitrogen and oxygen atoms in total. The lowest BCUT2D eigenvalue weighted by atomic mass is 9.89. The van der Waals surface area contributed by atoms with Crippen molar-refractivity contribution >= 4 is 5.97 Å². The molecule has 0 bridgehead atoms. The molecule has 0 radical (unpaired) electrons. The van der Waals surface area contributed by atoms with E-state index in [4.69, 9.17) is 4.74 Å². The van der Waals surface area contributed by atoms with Crippen molar-refractivity contribution < 1.29 is 9.53 Å². The van der Waals surface area contributed by atoms with Gasteiger partial charge in [0, 0.05) is 6.42 Å². The van der Waals surface area contributed by atoms with Gasteiger partial charge in [0.2, 0.25) is 0 Å². The van der Waals surface area contributed by atoms with Crippen LogP contribution >= 0.6 is 0 Å². The molecule has 1 rings (SSSR count). The van der Waals surface area contributed by atoms with Crippen LogP contribution in [0.15, 0.2) is 0 Å². The highest BCUT2D eigenvalue weighted by atomic mass is 16.5. The third kappa shape index (κ3) is 5.81. The zero-order valence-corrected chi connectivity index (χ0v) is 9.96. The molecule has 1 fully saturated rings. The average Bonchev–Trinajstić information content (AvgIpc) is 2.20. The zero-order valence-electron chi connectivity index (χ0n) is 9.96. The van der Waals surface area contributed by atoms with Crippen molar-refractivity contribution in [3.63, 3.8) is 0 Å². The predicted octanol–water partition coefficient (Wildman–Crippen LogP) is 3.69. The number of ether oxygens (including phenoxy) is 1. The Hall–Kier alpha value is -0.530. The first-order valence-electron chi connectivity index (χ1n) is 6.48. The Bertz CT molecular complexity index is 169. The van der Waals surface area contributed by atoms with Crippen molar-refractivity contribution in [3.8, 4) is 0 Å². The quantitative estimate of drug-likeness (QED) is 0.664. The Morgan fingerprint density at radius 2 is 1.73 bits per heavy atom. The topological polar surface area (TPSA) is 26.3 Å². The summed E-state index contributed by atoms with van der Waals surface area (Å²) in [5, 5.41) is 0. The van der Waals surface area contributed by atoms with Gasteiger partial charge in [-0.15, -0.1) is 0 Å². The maximum absolute atomic E-state index is 11.0. The summed E-state index contributed by atoms with van der Waals surface area (Å²) in [4.78, 5) is 11.0. The lowest BCUT2D eigenvalue weighted by Gasteiger charge is -2.19. The van der Waals surface area contributed by atoms with E-state index in [2.05, 4.69) is 0 Å². The van der Waals surface area contributed by atoms with E-state index in [1.807, 2.05) is 6.92 Å². The summed E-state index contributed by atoms with van der Waals surface area (Å²) < 4.78 is 5.13. The largest absolute Gasteiger partial charge is 0.466 e. The Morgan fingerprint density at radius 1 is 1.13 bits per heavy atom. The molecular formula is C13H24O2. The van der Waals surface area contributed by atoms with Crippen LogP contribution in [0.4, 0.5) is 0 Å². The third-order valence-electron chi connectivity index (χ3n) is 3.30. The van der Waals surface area contributed by atoms with Crippen LogP contribution in [0.25, 0.3) is 0 Å². The molecule has 0 aromatic heterocycles. The lowest BCUT2D eigenvalue weighted by Crippen LogP contribution is -2.10. The zero-order chi connectivity index (χ0) is 10.9. The summed E-state index contributed by atoms with van der Waals surface area (Å²) in [6.07, 6.45) is 11.2. The first kappa shape index (κ1) is 12.5. The van der Waals surface area contributed by atoms with Crippen molar-refractivity contribution in [2.24, 2.45) is 5.92 Å². The van der Waals surface area contributed by atoms with E-state index in [0.29, 0.717) is 13.0 Å². The molecule has 0 aromatic rings. The molecule has 0 aromatic carbocycles. The molecule has 0 spiro atoms. The first-order chi connectivity index (χ1) is 7.33. The van der Waals surface area contributed by atoms with Gasteiger partial charge in [0.05, 0.1) is 6.61 Å². The monoisotopic (exact) mass is 212 g/mol. The molecule has 1 aliphatic carbocycles. The normalized spacial score (nSPS) is 19.3. The molecule has 1 aliphatic rings. The minimum absolute atomic E-state index is 0.0548. The Morgan fingerprint density at radius 3 is 2.33 bits per heavy atom. The van der Waals surface area contributed by atoms with Gasteiger partial charge in [-0.05, 0) is 12.3 Å². The number of carbonyl (C=O) groups is 1. The molecule has 0 saturated heterocycles. The van der Waals surface area contributed by atoms with Crippen LogP contribution in [0.5, 0.6) is 0 Å². The molecule has 2 heteroatoms. The Kier molecular flexibility index (Phi) is 6.45. The van der Waals surface area contributed by atoms with Crippen LogP contribution in [0.1, 0.15) is 64.7 Å². The van der Waals surface area contributed by atoms with Crippen molar-refractivity contribution in [2.45, 2.75) is 64.7 Å². The van der Waals surface area contributed by atoms with Gasteiger partial charge in [-0.2, -0.15) is 0 Å². The summed E-state index contributed by atoms with van der Waals surface area (Å²) in [6.45, 7) is 2.48. The maximum Gasteiger partial charge on any atom is 0.305 e. The van der Waals surface area contributed by atoms with Gasteiger partial charge in [-0.3, -0.25) is 4.79 Å². The minimum atomic E-state index is -0.0548. The second kappa shape index (κ2) is 7.72. The molecule has 0 N–H and O–H groups in total. The summed E-state index contributed by atoms with van der Waals surface area (Å²) in [5.41, 5.74) is 0. The fourth-order valence-corrected chi connectivity index (χ4v) is 2.27. The number of hydrogen-bond donors (Lipinski definition) is 0. The van der Waals surface area contributed by atoms with Gasteiger partial charge in [0.25, 0.3) is 0 Å². The highest BCUT2D eigenvalue weighted by Gasteiger charge is 2.11. The smallest absolute Gasteiger partial charge is 0.305 e. The van der Waals surface area contributed by atoms with Gasteiger partial charge in [0.15, 0.2) is 0 Å². The van der Waals surface area contributed by atoms with E-state index in [9.17, 15) is 4.79 Å². The van der Waals surface area contributed by atoms with Crippen molar-refractivity contribution in [3.05, 3.63) is 0 Å². The van der Waals surface area contributed by atoms with Crippen LogP contribution in [-0.4, -0.2) is 12.6 Å². The second-order valence-electron chi connectivity index (χ2n) is 4.57. The van der Waals surface area contributed by atoms with Crippen LogP contribution in [-0.2, 0) is 9.53 Å². The lowest BCUT2D eigenvalue weighted by molar-refractivity contribution is -0.143. The van der Waals surface area contributed by atoms with Gasteiger partial charge < -0.3 is 4.74 Å². The van der Waals surface area contributed by atoms with Gasteiger partial charge in [-0.25, -0.2) is 0 Å². The van der Waals surface area contributed by atoms with Gasteiger partial charge >= 0.3 is 5.97 Å². The van der Waals surface area contributed by atoms with Crippen LogP contribution < -0.4 is 0 Å². The fourth-order valence-electron chi connectivity index (χ4n) is 2.27. The molecule has 0 amide bonds. The average molecular weight is 212 g/mol. The molecule has 15 heavy (non-hydrogen) atoms. The van der Waals surface area contributed by atoms with Gasteiger partial charge in [-0.1, -0.05) is 51.9 Å². The van der Waals surface area contributed by atoms with E-state index >= 15 is 0 Å². The number of esters is 1. The SMILES string of the molecule is CCC(=O)OCCC1CCCCCCC1. The van der Waals surface area contributed by atoms with Gasteiger partial charge in [0.1, 0.15) is 0 Å². The Balaban J connectivity index is 2.09. The number of rotatable bonds is 4. The molecule has 0 atom stereocenters. The molecule has 88 valence electrons. The minimum Gasteiger partial charge on any atom is -0.466 e. The van der Waals surface area contributed by atoms with E-state index in [0.717, 1.165) is 12.3 Å². The van der Waals surface area contributed by atoms with Crippen molar-refractivity contribution in [2.75, 3.05) is 6.61 Å². The third-order valence-corrected chi connectivity index (χ3v) is 3.30. The van der Waals surface area contributed by atoms with Crippen molar-refractivity contribution in [1.29, 1.82) is 0 Å². The Labute approximate surface area is 93.4 Å². The van der Waals surface area contributed by atoms with E-state index in [1.165, 1.54) is 44.9 Å². The summed E-state index contributed by atoms with van der Waals surface area (Å²) in [5.74, 6) is 0.746. The summed E-state index contributed by atoms with van der Waals surface area (Å²) in [7, 11) is 0. The second-order valence-corrected chi connectivity index (χ2v) is 4.57. The van der Waals surface area contributed by atoms with Crippen LogP contribution in [0.3, 0.4) is 0 Å². The van der Waals surface area contributed by atoms with E-state index in [-0.39, 0.29) is 5.97 Å². The van der Waals surface area contributed by atoms with Crippen LogP contribution in [0.2, 0.25) is 0 Å². The maximum atomic E-state index is 11.0. The van der Waals surface area contributed by atoms with Crippen LogP contribution in [0, 0.1) is 5.92 Å². The highest BCUT2D eigenvalue weighted by molar-refractivity contribution is 5.68. The number of carbonyl (C=O) groups excluding carboxylic acids is 1. The van der Waals surface area contributed by atoms with E-state index < -0.39 is 0 Å². The van der Waals surface area contributed by atoms with Crippen molar-refractivity contribution in [1.82, 2.24) is 0 Å². The molecule has 0 unspecified atom stereocenters. The fraction of sp³-hybridized carbons (Fsp3) is 0.923. The molecule has 0 heterocycles. The molecular weight excluding hydrogens is 188 g/mol. The molecule has 1 saturated carbocycles. The summed E-state index contributed by atoms with van der Waals surface area (Å²) >= 11 is 0. The molecule has 0 aliphatic heterocycles. The predicted molar refractivity (Wildman–Crippen MR) is 61.7 cm³/mol.